The third kappa shape index (κ3) is 1.83. The van der Waals surface area contributed by atoms with Crippen molar-refractivity contribution in [2.45, 2.75) is 46.1 Å². The van der Waals surface area contributed by atoms with Gasteiger partial charge in [-0.2, -0.15) is 0 Å². The van der Waals surface area contributed by atoms with E-state index >= 15 is 0 Å². The van der Waals surface area contributed by atoms with E-state index in [1.165, 1.54) is 25.0 Å². The Kier molecular flexibility index (Phi) is 2.47. The molecule has 1 nitrogen and oxygen atoms in total. The molecule has 0 spiro atoms. The summed E-state index contributed by atoms with van der Waals surface area (Å²) in [6.07, 6.45) is 3.87. The minimum Gasteiger partial charge on any atom is -0.291 e. The Morgan fingerprint density at radius 1 is 1.50 bits per heavy atom. The Hall–Kier alpha value is -0.330. The summed E-state index contributed by atoms with van der Waals surface area (Å²) < 4.78 is 0. The van der Waals surface area contributed by atoms with Crippen LogP contribution in [0.25, 0.3) is 0 Å². The molecule has 0 N–H and O–H groups in total. The molecule has 0 aromatic rings. The van der Waals surface area contributed by atoms with Crippen LogP contribution in [0.15, 0.2) is 4.99 Å². The summed E-state index contributed by atoms with van der Waals surface area (Å²) in [6.45, 7) is 6.66. The SMILES string of the molecule is CC1=NC(C(C)C)CCC1. The largest absolute Gasteiger partial charge is 0.291 e. The van der Waals surface area contributed by atoms with Gasteiger partial charge in [-0.05, 0) is 32.1 Å². The van der Waals surface area contributed by atoms with Gasteiger partial charge in [0.2, 0.25) is 0 Å². The van der Waals surface area contributed by atoms with Crippen LogP contribution in [-0.4, -0.2) is 11.8 Å². The molecule has 1 unspecified atom stereocenters. The summed E-state index contributed by atoms with van der Waals surface area (Å²) in [7, 11) is 0. The highest BCUT2D eigenvalue weighted by atomic mass is 14.8. The van der Waals surface area contributed by atoms with Crippen LogP contribution >= 0.6 is 0 Å². The molecule has 0 aromatic carbocycles. The van der Waals surface area contributed by atoms with Gasteiger partial charge in [-0.1, -0.05) is 13.8 Å². The summed E-state index contributed by atoms with van der Waals surface area (Å²) in [4.78, 5) is 4.60. The van der Waals surface area contributed by atoms with Crippen molar-refractivity contribution in [2.75, 3.05) is 0 Å². The molecular formula is C9H17N. The number of nitrogens with zero attached hydrogens (tertiary/aromatic N) is 1. The second kappa shape index (κ2) is 3.18. The standard InChI is InChI=1S/C9H17N/c1-7(2)9-6-4-5-8(3)10-9/h7,9H,4-6H2,1-3H3. The number of hydrogen-bond donors (Lipinski definition) is 0. The number of rotatable bonds is 1. The molecule has 0 fully saturated rings. The molecule has 0 aliphatic carbocycles. The zero-order chi connectivity index (χ0) is 7.56. The summed E-state index contributed by atoms with van der Waals surface area (Å²) >= 11 is 0. The molecular weight excluding hydrogens is 122 g/mol. The van der Waals surface area contributed by atoms with Gasteiger partial charge in [0.1, 0.15) is 0 Å². The quantitative estimate of drug-likeness (QED) is 0.529. The highest BCUT2D eigenvalue weighted by Crippen LogP contribution is 2.19. The fraction of sp³-hybridized carbons (Fsp3) is 0.889. The second-order valence-corrected chi connectivity index (χ2v) is 3.57. The molecule has 10 heavy (non-hydrogen) atoms. The van der Waals surface area contributed by atoms with E-state index in [-0.39, 0.29) is 0 Å². The van der Waals surface area contributed by atoms with Crippen LogP contribution < -0.4 is 0 Å². The van der Waals surface area contributed by atoms with Crippen molar-refractivity contribution in [3.8, 4) is 0 Å². The third-order valence-electron chi connectivity index (χ3n) is 2.19. The molecule has 0 saturated heterocycles. The van der Waals surface area contributed by atoms with E-state index in [9.17, 15) is 0 Å². The summed E-state index contributed by atoms with van der Waals surface area (Å²) in [5, 5.41) is 0. The maximum atomic E-state index is 4.60. The molecule has 0 amide bonds. The van der Waals surface area contributed by atoms with E-state index in [1.807, 2.05) is 0 Å². The van der Waals surface area contributed by atoms with Crippen molar-refractivity contribution in [3.05, 3.63) is 0 Å². The van der Waals surface area contributed by atoms with Crippen LogP contribution in [0.1, 0.15) is 40.0 Å². The van der Waals surface area contributed by atoms with Gasteiger partial charge in [-0.3, -0.25) is 4.99 Å². The van der Waals surface area contributed by atoms with Gasteiger partial charge >= 0.3 is 0 Å². The highest BCUT2D eigenvalue weighted by Gasteiger charge is 2.15. The third-order valence-corrected chi connectivity index (χ3v) is 2.19. The van der Waals surface area contributed by atoms with Crippen LogP contribution in [0, 0.1) is 5.92 Å². The lowest BCUT2D eigenvalue weighted by molar-refractivity contribution is 0.443. The van der Waals surface area contributed by atoms with Gasteiger partial charge in [0, 0.05) is 5.71 Å². The summed E-state index contributed by atoms with van der Waals surface area (Å²) in [5.74, 6) is 0.732. The Balaban J connectivity index is 2.53. The molecule has 58 valence electrons. The van der Waals surface area contributed by atoms with Crippen LogP contribution in [0.2, 0.25) is 0 Å². The molecule has 1 aliphatic rings. The van der Waals surface area contributed by atoms with Crippen LogP contribution in [0.5, 0.6) is 0 Å². The van der Waals surface area contributed by atoms with Gasteiger partial charge in [0.15, 0.2) is 0 Å². The Morgan fingerprint density at radius 2 is 2.20 bits per heavy atom. The molecule has 0 aromatic heterocycles. The minimum atomic E-state index is 0.619. The van der Waals surface area contributed by atoms with Gasteiger partial charge in [0.05, 0.1) is 6.04 Å². The smallest absolute Gasteiger partial charge is 0.0521 e. The monoisotopic (exact) mass is 139 g/mol. The van der Waals surface area contributed by atoms with Crippen LogP contribution in [-0.2, 0) is 0 Å². The van der Waals surface area contributed by atoms with Crippen LogP contribution in [0.4, 0.5) is 0 Å². The first kappa shape index (κ1) is 7.77. The van der Waals surface area contributed by atoms with Gasteiger partial charge in [-0.15, -0.1) is 0 Å². The Bertz CT molecular complexity index is 136. The molecule has 1 atom stereocenters. The van der Waals surface area contributed by atoms with E-state index in [1.54, 1.807) is 0 Å². The predicted molar refractivity (Wildman–Crippen MR) is 45.6 cm³/mol. The summed E-state index contributed by atoms with van der Waals surface area (Å²) in [5.41, 5.74) is 1.35. The molecule has 1 heterocycles. The highest BCUT2D eigenvalue weighted by molar-refractivity contribution is 5.82. The van der Waals surface area contributed by atoms with E-state index in [0.29, 0.717) is 6.04 Å². The Morgan fingerprint density at radius 3 is 2.60 bits per heavy atom. The molecule has 0 saturated carbocycles. The van der Waals surface area contributed by atoms with E-state index in [4.69, 9.17) is 0 Å². The van der Waals surface area contributed by atoms with Crippen molar-refractivity contribution in [1.29, 1.82) is 0 Å². The number of aliphatic imine (C=N–C) groups is 1. The van der Waals surface area contributed by atoms with Crippen molar-refractivity contribution < 1.29 is 0 Å². The fourth-order valence-corrected chi connectivity index (χ4v) is 1.46. The lowest BCUT2D eigenvalue weighted by Crippen LogP contribution is -2.18. The van der Waals surface area contributed by atoms with Gasteiger partial charge in [-0.25, -0.2) is 0 Å². The van der Waals surface area contributed by atoms with Crippen molar-refractivity contribution in [2.24, 2.45) is 10.9 Å². The first-order chi connectivity index (χ1) is 4.70. The van der Waals surface area contributed by atoms with E-state index in [0.717, 1.165) is 5.92 Å². The molecule has 1 rings (SSSR count). The number of hydrogen-bond acceptors (Lipinski definition) is 1. The first-order valence-corrected chi connectivity index (χ1v) is 4.23. The second-order valence-electron chi connectivity index (χ2n) is 3.57. The van der Waals surface area contributed by atoms with Gasteiger partial charge < -0.3 is 0 Å². The predicted octanol–water partition coefficient (Wildman–Crippen LogP) is 2.66. The van der Waals surface area contributed by atoms with Crippen molar-refractivity contribution in [3.63, 3.8) is 0 Å². The van der Waals surface area contributed by atoms with E-state index in [2.05, 4.69) is 25.8 Å². The molecule has 0 bridgehead atoms. The maximum absolute atomic E-state index is 4.60. The molecule has 1 heteroatoms. The average Bonchev–Trinajstić information content (AvgIpc) is 1.88. The average molecular weight is 139 g/mol. The zero-order valence-corrected chi connectivity index (χ0v) is 7.22. The van der Waals surface area contributed by atoms with Gasteiger partial charge in [0.25, 0.3) is 0 Å². The fourth-order valence-electron chi connectivity index (χ4n) is 1.46. The lowest BCUT2D eigenvalue weighted by Gasteiger charge is -2.21. The maximum Gasteiger partial charge on any atom is 0.0521 e. The normalized spacial score (nSPS) is 26.8. The van der Waals surface area contributed by atoms with E-state index < -0.39 is 0 Å². The Labute approximate surface area is 63.5 Å². The van der Waals surface area contributed by atoms with Crippen LogP contribution in [0.3, 0.4) is 0 Å². The molecule has 0 radical (unpaired) electrons. The zero-order valence-electron chi connectivity index (χ0n) is 7.22. The molecule has 1 aliphatic heterocycles. The van der Waals surface area contributed by atoms with Crippen molar-refractivity contribution >= 4 is 5.71 Å². The lowest BCUT2D eigenvalue weighted by atomic mass is 9.95. The summed E-state index contributed by atoms with van der Waals surface area (Å²) in [6, 6.07) is 0.619. The minimum absolute atomic E-state index is 0.619. The van der Waals surface area contributed by atoms with Crippen molar-refractivity contribution in [1.82, 2.24) is 0 Å². The first-order valence-electron chi connectivity index (χ1n) is 4.23. The topological polar surface area (TPSA) is 12.4 Å².